The first kappa shape index (κ1) is 20.3. The van der Waals surface area contributed by atoms with Crippen LogP contribution in [0.2, 0.25) is 0 Å². The SMILES string of the molecule is Cc1ccc(NC=CC2=[N+](Cc3ccccc3)c3ccc4ccccc4c3C2(C)C)cc1. The highest BCUT2D eigenvalue weighted by atomic mass is 15.1. The predicted molar refractivity (Wildman–Crippen MR) is 136 cm³/mol. The highest BCUT2D eigenvalue weighted by molar-refractivity contribution is 6.07. The second-order valence-electron chi connectivity index (χ2n) is 9.11. The van der Waals surface area contributed by atoms with Gasteiger partial charge in [-0.05, 0) is 49.7 Å². The van der Waals surface area contributed by atoms with Gasteiger partial charge in [0.05, 0.1) is 5.41 Å². The van der Waals surface area contributed by atoms with Crippen molar-refractivity contribution in [2.24, 2.45) is 0 Å². The Hall–Kier alpha value is -3.65. The van der Waals surface area contributed by atoms with Crippen LogP contribution in [0, 0.1) is 6.92 Å². The van der Waals surface area contributed by atoms with E-state index in [9.17, 15) is 0 Å². The Bertz CT molecular complexity index is 1330. The molecule has 1 aliphatic heterocycles. The number of hydrogen-bond donors (Lipinski definition) is 1. The summed E-state index contributed by atoms with van der Waals surface area (Å²) in [5.41, 5.74) is 7.56. The van der Waals surface area contributed by atoms with Gasteiger partial charge >= 0.3 is 0 Å². The number of benzene rings is 4. The number of rotatable bonds is 5. The Labute approximate surface area is 190 Å². The largest absolute Gasteiger partial charge is 0.361 e. The number of hydrogen-bond acceptors (Lipinski definition) is 1. The first-order valence-electron chi connectivity index (χ1n) is 11.2. The molecule has 2 heteroatoms. The molecule has 0 spiro atoms. The number of aryl methyl sites for hydroxylation is 1. The number of allylic oxidation sites excluding steroid dienone is 1. The lowest BCUT2D eigenvalue weighted by Gasteiger charge is -2.17. The van der Waals surface area contributed by atoms with Gasteiger partial charge in [-0.2, -0.15) is 4.58 Å². The fourth-order valence-electron chi connectivity index (χ4n) is 4.84. The summed E-state index contributed by atoms with van der Waals surface area (Å²) >= 11 is 0. The zero-order valence-electron chi connectivity index (χ0n) is 19.0. The van der Waals surface area contributed by atoms with E-state index in [1.807, 2.05) is 0 Å². The van der Waals surface area contributed by atoms with Crippen LogP contribution in [0.25, 0.3) is 10.8 Å². The average molecular weight is 418 g/mol. The van der Waals surface area contributed by atoms with Crippen molar-refractivity contribution < 1.29 is 4.58 Å². The molecule has 1 heterocycles. The fraction of sp³-hybridized carbons (Fsp3) is 0.167. The van der Waals surface area contributed by atoms with Gasteiger partial charge in [0, 0.05) is 35.2 Å². The molecule has 0 saturated heterocycles. The Balaban J connectivity index is 1.60. The number of nitrogens with zero attached hydrogens (tertiary/aromatic N) is 1. The zero-order chi connectivity index (χ0) is 22.1. The lowest BCUT2D eigenvalue weighted by atomic mass is 9.79. The predicted octanol–water partition coefficient (Wildman–Crippen LogP) is 7.35. The lowest BCUT2D eigenvalue weighted by molar-refractivity contribution is -0.455. The summed E-state index contributed by atoms with van der Waals surface area (Å²) in [6.07, 6.45) is 4.32. The van der Waals surface area contributed by atoms with E-state index in [1.54, 1.807) is 0 Å². The second kappa shape index (κ2) is 8.12. The number of fused-ring (bicyclic) bond motifs is 3. The Morgan fingerprint density at radius 2 is 1.53 bits per heavy atom. The summed E-state index contributed by atoms with van der Waals surface area (Å²) in [6, 6.07) is 32.5. The van der Waals surface area contributed by atoms with Gasteiger partial charge in [0.2, 0.25) is 5.69 Å². The van der Waals surface area contributed by atoms with Gasteiger partial charge in [0.25, 0.3) is 0 Å². The zero-order valence-corrected chi connectivity index (χ0v) is 19.0. The first-order valence-corrected chi connectivity index (χ1v) is 11.2. The van der Waals surface area contributed by atoms with Crippen LogP contribution in [-0.2, 0) is 12.0 Å². The average Bonchev–Trinajstić information content (AvgIpc) is 3.02. The molecule has 0 saturated carbocycles. The van der Waals surface area contributed by atoms with E-state index in [2.05, 4.69) is 134 Å². The topological polar surface area (TPSA) is 15.0 Å². The molecule has 1 aliphatic rings. The van der Waals surface area contributed by atoms with E-state index >= 15 is 0 Å². The van der Waals surface area contributed by atoms with Crippen LogP contribution in [0.3, 0.4) is 0 Å². The maximum absolute atomic E-state index is 3.46. The third kappa shape index (κ3) is 3.62. The summed E-state index contributed by atoms with van der Waals surface area (Å²) < 4.78 is 2.48. The number of anilines is 1. The lowest BCUT2D eigenvalue weighted by Crippen LogP contribution is -2.28. The van der Waals surface area contributed by atoms with Crippen LogP contribution in [-0.4, -0.2) is 10.3 Å². The quantitative estimate of drug-likeness (QED) is 0.335. The molecule has 1 N–H and O–H groups in total. The van der Waals surface area contributed by atoms with Crippen molar-refractivity contribution in [3.05, 3.63) is 120 Å². The minimum Gasteiger partial charge on any atom is -0.361 e. The van der Waals surface area contributed by atoms with Crippen molar-refractivity contribution in [1.82, 2.24) is 0 Å². The monoisotopic (exact) mass is 417 g/mol. The maximum Gasteiger partial charge on any atom is 0.210 e. The van der Waals surface area contributed by atoms with Crippen molar-refractivity contribution in [2.75, 3.05) is 5.32 Å². The molecule has 32 heavy (non-hydrogen) atoms. The van der Waals surface area contributed by atoms with Gasteiger partial charge in [-0.1, -0.05) is 72.3 Å². The van der Waals surface area contributed by atoms with E-state index in [4.69, 9.17) is 0 Å². The molecule has 0 bridgehead atoms. The Kier molecular flexibility index (Phi) is 5.14. The molecule has 4 aromatic carbocycles. The molecule has 0 radical (unpaired) electrons. The molecule has 0 atom stereocenters. The molecule has 0 unspecified atom stereocenters. The summed E-state index contributed by atoms with van der Waals surface area (Å²) in [5.74, 6) is 0. The molecule has 2 nitrogen and oxygen atoms in total. The molecule has 5 rings (SSSR count). The van der Waals surface area contributed by atoms with Gasteiger partial charge in [-0.25, -0.2) is 0 Å². The molecule has 4 aromatic rings. The van der Waals surface area contributed by atoms with Crippen LogP contribution in [0.15, 0.2) is 103 Å². The van der Waals surface area contributed by atoms with Gasteiger partial charge in [-0.15, -0.1) is 0 Å². The fourth-order valence-corrected chi connectivity index (χ4v) is 4.84. The van der Waals surface area contributed by atoms with Crippen LogP contribution in [0.4, 0.5) is 11.4 Å². The summed E-state index contributed by atoms with van der Waals surface area (Å²) in [5, 5.41) is 6.09. The van der Waals surface area contributed by atoms with E-state index in [0.29, 0.717) is 0 Å². The van der Waals surface area contributed by atoms with Crippen LogP contribution >= 0.6 is 0 Å². The van der Waals surface area contributed by atoms with Gasteiger partial charge < -0.3 is 5.32 Å². The van der Waals surface area contributed by atoms with E-state index in [-0.39, 0.29) is 5.41 Å². The highest BCUT2D eigenvalue weighted by Crippen LogP contribution is 2.44. The summed E-state index contributed by atoms with van der Waals surface area (Å²) in [6.45, 7) is 7.64. The van der Waals surface area contributed by atoms with Gasteiger partial charge in [0.1, 0.15) is 0 Å². The van der Waals surface area contributed by atoms with Crippen molar-refractivity contribution in [2.45, 2.75) is 32.7 Å². The van der Waals surface area contributed by atoms with Crippen LogP contribution in [0.5, 0.6) is 0 Å². The molecular formula is C30H29N2+. The van der Waals surface area contributed by atoms with Crippen molar-refractivity contribution >= 4 is 27.9 Å². The van der Waals surface area contributed by atoms with E-state index < -0.39 is 0 Å². The van der Waals surface area contributed by atoms with E-state index in [1.165, 1.54) is 38.9 Å². The number of nitrogens with one attached hydrogen (secondary N) is 1. The smallest absolute Gasteiger partial charge is 0.210 e. The van der Waals surface area contributed by atoms with Crippen molar-refractivity contribution in [3.63, 3.8) is 0 Å². The van der Waals surface area contributed by atoms with Gasteiger partial charge in [0.15, 0.2) is 12.3 Å². The van der Waals surface area contributed by atoms with Crippen molar-refractivity contribution in [3.8, 4) is 0 Å². The van der Waals surface area contributed by atoms with Crippen LogP contribution in [0.1, 0.15) is 30.5 Å². The molecule has 0 amide bonds. The van der Waals surface area contributed by atoms with Gasteiger partial charge in [-0.3, -0.25) is 0 Å². The maximum atomic E-state index is 3.46. The normalized spacial score (nSPS) is 14.8. The van der Waals surface area contributed by atoms with Crippen LogP contribution < -0.4 is 5.32 Å². The first-order chi connectivity index (χ1) is 15.5. The second-order valence-corrected chi connectivity index (χ2v) is 9.11. The van der Waals surface area contributed by atoms with E-state index in [0.717, 1.165) is 12.2 Å². The minimum absolute atomic E-state index is 0.115. The highest BCUT2D eigenvalue weighted by Gasteiger charge is 2.45. The summed E-state index contributed by atoms with van der Waals surface area (Å²) in [4.78, 5) is 0. The summed E-state index contributed by atoms with van der Waals surface area (Å²) in [7, 11) is 0. The molecule has 158 valence electrons. The standard InChI is InChI=1S/C30H28N2/c1-22-13-16-25(17-14-22)31-20-19-28-30(2,3)29-26-12-8-7-11-24(26)15-18-27(29)32(28)21-23-9-5-4-6-10-23/h4-20H,21H2,1-3H3/p+1. The third-order valence-corrected chi connectivity index (χ3v) is 6.48. The molecule has 0 aromatic heterocycles. The third-order valence-electron chi connectivity index (χ3n) is 6.48. The molecule has 0 fully saturated rings. The Morgan fingerprint density at radius 3 is 2.31 bits per heavy atom. The Morgan fingerprint density at radius 1 is 0.812 bits per heavy atom. The molecule has 0 aliphatic carbocycles. The van der Waals surface area contributed by atoms with Crippen molar-refractivity contribution in [1.29, 1.82) is 0 Å². The minimum atomic E-state index is -0.115. The molecular weight excluding hydrogens is 388 g/mol.